The van der Waals surface area contributed by atoms with Crippen molar-refractivity contribution in [2.24, 2.45) is 0 Å². The van der Waals surface area contributed by atoms with Crippen molar-refractivity contribution in [1.82, 2.24) is 5.32 Å². The van der Waals surface area contributed by atoms with Gasteiger partial charge < -0.3 is 16.0 Å². The summed E-state index contributed by atoms with van der Waals surface area (Å²) in [6.07, 6.45) is 0.272. The van der Waals surface area contributed by atoms with Gasteiger partial charge in [0.15, 0.2) is 0 Å². The number of nitrogens with one attached hydrogen (secondary N) is 1. The Morgan fingerprint density at radius 2 is 2.28 bits per heavy atom. The predicted octanol–water partition coefficient (Wildman–Crippen LogP) is 0.907. The zero-order valence-electron chi connectivity index (χ0n) is 10.7. The van der Waals surface area contributed by atoms with Gasteiger partial charge >= 0.3 is 0 Å². The van der Waals surface area contributed by atoms with E-state index in [1.54, 1.807) is 6.07 Å². The molecule has 0 aliphatic heterocycles. The van der Waals surface area contributed by atoms with Gasteiger partial charge in [-0.1, -0.05) is 0 Å². The summed E-state index contributed by atoms with van der Waals surface area (Å²) in [6, 6.07) is 7.52. The summed E-state index contributed by atoms with van der Waals surface area (Å²) in [5, 5.41) is 11.4. The molecule has 1 aromatic carbocycles. The van der Waals surface area contributed by atoms with Gasteiger partial charge in [-0.25, -0.2) is 0 Å². The Hall–Kier alpha value is -2.22. The molecule has 0 unspecified atom stereocenters. The first kappa shape index (κ1) is 13.8. The number of hydrogen-bond acceptors (Lipinski definition) is 4. The molecule has 0 atom stereocenters. The molecule has 0 aliphatic carbocycles. The van der Waals surface area contributed by atoms with Crippen LogP contribution in [0.3, 0.4) is 0 Å². The summed E-state index contributed by atoms with van der Waals surface area (Å²) < 4.78 is 0. The Labute approximate surface area is 107 Å². The normalized spacial score (nSPS) is 9.61. The summed E-state index contributed by atoms with van der Waals surface area (Å²) >= 11 is 0. The molecule has 0 saturated heterocycles. The van der Waals surface area contributed by atoms with Crippen molar-refractivity contribution in [3.63, 3.8) is 0 Å². The lowest BCUT2D eigenvalue weighted by Gasteiger charge is -2.19. The van der Waals surface area contributed by atoms with Gasteiger partial charge in [0.1, 0.15) is 0 Å². The molecule has 1 amide bonds. The fourth-order valence-electron chi connectivity index (χ4n) is 1.63. The van der Waals surface area contributed by atoms with Gasteiger partial charge in [0, 0.05) is 25.0 Å². The third-order valence-corrected chi connectivity index (χ3v) is 2.59. The van der Waals surface area contributed by atoms with Crippen LogP contribution >= 0.6 is 0 Å². The van der Waals surface area contributed by atoms with E-state index in [2.05, 4.69) is 11.4 Å². The Balaban J connectivity index is 2.80. The molecule has 3 N–H and O–H groups in total. The first-order chi connectivity index (χ1) is 8.58. The highest BCUT2D eigenvalue weighted by Gasteiger charge is 2.08. The average Bonchev–Trinajstić information content (AvgIpc) is 2.32. The molecule has 0 heterocycles. The Morgan fingerprint density at radius 3 is 2.89 bits per heavy atom. The van der Waals surface area contributed by atoms with Gasteiger partial charge in [-0.2, -0.15) is 5.26 Å². The van der Waals surface area contributed by atoms with E-state index in [1.165, 1.54) is 0 Å². The van der Waals surface area contributed by atoms with Crippen LogP contribution in [0.2, 0.25) is 0 Å². The van der Waals surface area contributed by atoms with E-state index in [0.29, 0.717) is 12.2 Å². The smallest absolute Gasteiger partial charge is 0.239 e. The van der Waals surface area contributed by atoms with Crippen LogP contribution in [0.4, 0.5) is 11.4 Å². The van der Waals surface area contributed by atoms with Crippen LogP contribution in [-0.4, -0.2) is 26.0 Å². The highest BCUT2D eigenvalue weighted by atomic mass is 16.1. The van der Waals surface area contributed by atoms with Gasteiger partial charge in [-0.15, -0.1) is 0 Å². The zero-order valence-corrected chi connectivity index (χ0v) is 10.7. The summed E-state index contributed by atoms with van der Waals surface area (Å²) in [5.74, 6) is -0.0290. The molecule has 18 heavy (non-hydrogen) atoms. The summed E-state index contributed by atoms with van der Waals surface area (Å²) in [6.45, 7) is 2.78. The first-order valence-corrected chi connectivity index (χ1v) is 5.81. The van der Waals surface area contributed by atoms with E-state index < -0.39 is 0 Å². The third kappa shape index (κ3) is 3.67. The van der Waals surface area contributed by atoms with Crippen LogP contribution in [0, 0.1) is 11.3 Å². The van der Waals surface area contributed by atoms with Crippen molar-refractivity contribution >= 4 is 17.3 Å². The minimum absolute atomic E-state index is 0.0290. The van der Waals surface area contributed by atoms with E-state index in [4.69, 9.17) is 11.0 Å². The minimum atomic E-state index is -0.0290. The second-order valence-electron chi connectivity index (χ2n) is 4.03. The maximum absolute atomic E-state index is 11.5. The van der Waals surface area contributed by atoms with Gasteiger partial charge in [-0.05, 0) is 30.7 Å². The number of rotatable bonds is 5. The Bertz CT molecular complexity index is 465. The molecular formula is C13H18N4O. The summed E-state index contributed by atoms with van der Waals surface area (Å²) in [5.41, 5.74) is 8.04. The molecule has 5 heteroatoms. The van der Waals surface area contributed by atoms with Crippen molar-refractivity contribution in [2.45, 2.75) is 13.3 Å². The van der Waals surface area contributed by atoms with E-state index in [0.717, 1.165) is 11.3 Å². The maximum Gasteiger partial charge on any atom is 0.239 e. The number of nitrogens with two attached hydrogens (primary N) is 1. The van der Waals surface area contributed by atoms with Gasteiger partial charge in [0.2, 0.25) is 5.91 Å². The highest BCUT2D eigenvalue weighted by Crippen LogP contribution is 2.20. The van der Waals surface area contributed by atoms with E-state index in [1.807, 2.05) is 31.0 Å². The number of carbonyl (C=O) groups is 1. The number of likely N-dealkylation sites (N-methyl/N-ethyl adjacent to an activating group) is 2. The summed E-state index contributed by atoms with van der Waals surface area (Å²) in [7, 11) is 1.83. The van der Waals surface area contributed by atoms with Gasteiger partial charge in [-0.3, -0.25) is 4.79 Å². The lowest BCUT2D eigenvalue weighted by atomic mass is 10.1. The monoisotopic (exact) mass is 246 g/mol. The third-order valence-electron chi connectivity index (χ3n) is 2.59. The molecular weight excluding hydrogens is 228 g/mol. The molecule has 5 nitrogen and oxygen atoms in total. The largest absolute Gasteiger partial charge is 0.398 e. The van der Waals surface area contributed by atoms with Crippen LogP contribution in [0.1, 0.15) is 12.5 Å². The molecule has 0 bridgehead atoms. The lowest BCUT2D eigenvalue weighted by Crippen LogP contribution is -2.34. The molecule has 96 valence electrons. The van der Waals surface area contributed by atoms with E-state index >= 15 is 0 Å². The zero-order chi connectivity index (χ0) is 13.5. The molecule has 0 fully saturated rings. The lowest BCUT2D eigenvalue weighted by molar-refractivity contribution is -0.119. The minimum Gasteiger partial charge on any atom is -0.398 e. The van der Waals surface area contributed by atoms with Crippen molar-refractivity contribution in [1.29, 1.82) is 5.26 Å². The van der Waals surface area contributed by atoms with Crippen molar-refractivity contribution < 1.29 is 4.79 Å². The second-order valence-corrected chi connectivity index (χ2v) is 4.03. The van der Waals surface area contributed by atoms with E-state index in [9.17, 15) is 4.79 Å². The number of amides is 1. The SMILES string of the molecule is CCNC(=O)CN(C)c1ccc(N)c(CC#N)c1. The fourth-order valence-corrected chi connectivity index (χ4v) is 1.63. The Kier molecular flexibility index (Phi) is 5.00. The van der Waals surface area contributed by atoms with Crippen molar-refractivity contribution in [3.05, 3.63) is 23.8 Å². The molecule has 0 radical (unpaired) electrons. The molecule has 1 aromatic rings. The number of nitriles is 1. The maximum atomic E-state index is 11.5. The van der Waals surface area contributed by atoms with Crippen LogP contribution in [0.25, 0.3) is 0 Å². The van der Waals surface area contributed by atoms with Crippen LogP contribution in [-0.2, 0) is 11.2 Å². The quantitative estimate of drug-likeness (QED) is 0.756. The first-order valence-electron chi connectivity index (χ1n) is 5.81. The van der Waals surface area contributed by atoms with Crippen molar-refractivity contribution in [2.75, 3.05) is 30.8 Å². The molecule has 1 rings (SSSR count). The summed E-state index contributed by atoms with van der Waals surface area (Å²) in [4.78, 5) is 13.3. The van der Waals surface area contributed by atoms with Crippen LogP contribution in [0.15, 0.2) is 18.2 Å². The number of nitrogen functional groups attached to an aromatic ring is 1. The van der Waals surface area contributed by atoms with Crippen molar-refractivity contribution in [3.8, 4) is 6.07 Å². The Morgan fingerprint density at radius 1 is 1.56 bits per heavy atom. The van der Waals surface area contributed by atoms with E-state index in [-0.39, 0.29) is 18.9 Å². The van der Waals surface area contributed by atoms with Gasteiger partial charge in [0.25, 0.3) is 0 Å². The molecule has 0 aromatic heterocycles. The van der Waals surface area contributed by atoms with Crippen LogP contribution < -0.4 is 16.0 Å². The van der Waals surface area contributed by atoms with Gasteiger partial charge in [0.05, 0.1) is 19.0 Å². The highest BCUT2D eigenvalue weighted by molar-refractivity contribution is 5.81. The molecule has 0 saturated carbocycles. The topological polar surface area (TPSA) is 82.2 Å². The standard InChI is InChI=1S/C13H18N4O/c1-3-16-13(18)9-17(2)11-4-5-12(15)10(8-11)6-7-14/h4-5,8H,3,6,9,15H2,1-2H3,(H,16,18). The number of hydrogen-bond donors (Lipinski definition) is 2. The molecule has 0 aliphatic rings. The number of benzene rings is 1. The number of anilines is 2. The number of nitrogens with zero attached hydrogens (tertiary/aromatic N) is 2. The molecule has 0 spiro atoms. The second kappa shape index (κ2) is 6.50. The number of carbonyl (C=O) groups excluding carboxylic acids is 1. The average molecular weight is 246 g/mol. The fraction of sp³-hybridized carbons (Fsp3) is 0.385. The van der Waals surface area contributed by atoms with Crippen LogP contribution in [0.5, 0.6) is 0 Å². The predicted molar refractivity (Wildman–Crippen MR) is 72.1 cm³/mol.